The molecule has 33 heavy (non-hydrogen) atoms. The zero-order valence-electron chi connectivity index (χ0n) is 17.6. The fraction of sp³-hybridized carbons (Fsp3) is 0.231. The molecule has 0 amide bonds. The van der Waals surface area contributed by atoms with E-state index < -0.39 is 11.7 Å². The number of rotatable bonds is 3. The van der Waals surface area contributed by atoms with Crippen LogP contribution in [0.15, 0.2) is 82.8 Å². The molecule has 1 aliphatic carbocycles. The molecule has 5 rings (SSSR count). The van der Waals surface area contributed by atoms with Crippen LogP contribution in [0.4, 0.5) is 17.6 Å². The van der Waals surface area contributed by atoms with Gasteiger partial charge in [0.15, 0.2) is 0 Å². The third kappa shape index (κ3) is 4.27. The van der Waals surface area contributed by atoms with Crippen LogP contribution in [0, 0.1) is 11.7 Å². The molecule has 3 aromatic carbocycles. The minimum absolute atomic E-state index is 0.0665. The lowest BCUT2D eigenvalue weighted by atomic mass is 9.72. The standard InChI is InChI=1S/C26H21F4N3/c27-23-8-4-3-6-20(23)22-13-17-15-32-25(33-24(17)21-7-2-1-5-19(21)22)31-14-16-9-11-18(12-10-16)26(28,29)30/h1-12,17,22H,13-15H2,(H,31,32). The molecular weight excluding hydrogens is 430 g/mol. The van der Waals surface area contributed by atoms with Gasteiger partial charge in [0.2, 0.25) is 5.96 Å². The molecule has 0 bridgehead atoms. The van der Waals surface area contributed by atoms with E-state index in [-0.39, 0.29) is 17.7 Å². The topological polar surface area (TPSA) is 36.8 Å². The number of benzene rings is 3. The Hall–Kier alpha value is -3.48. The maximum Gasteiger partial charge on any atom is 0.416 e. The third-order valence-electron chi connectivity index (χ3n) is 6.22. The number of guanidine groups is 1. The minimum Gasteiger partial charge on any atom is -0.350 e. The molecule has 2 aliphatic rings. The van der Waals surface area contributed by atoms with E-state index in [1.807, 2.05) is 36.4 Å². The van der Waals surface area contributed by atoms with E-state index in [0.717, 1.165) is 29.0 Å². The van der Waals surface area contributed by atoms with Gasteiger partial charge in [-0.1, -0.05) is 54.6 Å². The molecule has 168 valence electrons. The van der Waals surface area contributed by atoms with Gasteiger partial charge in [-0.2, -0.15) is 13.2 Å². The van der Waals surface area contributed by atoms with Gasteiger partial charge in [0.05, 0.1) is 17.8 Å². The van der Waals surface area contributed by atoms with E-state index in [0.29, 0.717) is 36.6 Å². The second kappa shape index (κ2) is 8.46. The molecule has 7 heteroatoms. The second-order valence-electron chi connectivity index (χ2n) is 8.30. The molecule has 1 N–H and O–H groups in total. The number of nitrogens with one attached hydrogen (secondary N) is 1. The number of halogens is 4. The summed E-state index contributed by atoms with van der Waals surface area (Å²) in [6.07, 6.45) is -3.64. The van der Waals surface area contributed by atoms with Crippen molar-refractivity contribution >= 4 is 11.7 Å². The van der Waals surface area contributed by atoms with Crippen LogP contribution in [0.2, 0.25) is 0 Å². The first-order chi connectivity index (χ1) is 15.9. The third-order valence-corrected chi connectivity index (χ3v) is 6.22. The van der Waals surface area contributed by atoms with Gasteiger partial charge in [0.1, 0.15) is 5.82 Å². The first-order valence-electron chi connectivity index (χ1n) is 10.8. The largest absolute Gasteiger partial charge is 0.416 e. The summed E-state index contributed by atoms with van der Waals surface area (Å²) >= 11 is 0. The van der Waals surface area contributed by atoms with Crippen LogP contribution in [0.1, 0.15) is 40.2 Å². The quantitative estimate of drug-likeness (QED) is 0.492. The molecule has 3 nitrogen and oxygen atoms in total. The monoisotopic (exact) mass is 451 g/mol. The molecule has 0 spiro atoms. The molecule has 0 saturated carbocycles. The van der Waals surface area contributed by atoms with Crippen molar-refractivity contribution in [2.45, 2.75) is 25.1 Å². The van der Waals surface area contributed by atoms with Crippen molar-refractivity contribution in [1.82, 2.24) is 5.32 Å². The van der Waals surface area contributed by atoms with Crippen LogP contribution >= 0.6 is 0 Å². The van der Waals surface area contributed by atoms with Crippen LogP contribution in [-0.2, 0) is 12.7 Å². The average Bonchev–Trinajstić information content (AvgIpc) is 2.82. The molecule has 0 saturated heterocycles. The summed E-state index contributed by atoms with van der Waals surface area (Å²) in [7, 11) is 0. The SMILES string of the molecule is Fc1ccccc1C1CC2CN=C(NCc3ccc(C(F)(F)F)cc3)N=C2c2ccccc21. The number of alkyl halides is 3. The smallest absolute Gasteiger partial charge is 0.350 e. The molecule has 0 fully saturated rings. The van der Waals surface area contributed by atoms with E-state index >= 15 is 0 Å². The predicted octanol–water partition coefficient (Wildman–Crippen LogP) is 5.94. The molecule has 2 unspecified atom stereocenters. The van der Waals surface area contributed by atoms with Gasteiger partial charge in [-0.25, -0.2) is 9.38 Å². The molecule has 3 aromatic rings. The fourth-order valence-electron chi connectivity index (χ4n) is 4.58. The van der Waals surface area contributed by atoms with E-state index in [4.69, 9.17) is 4.99 Å². The summed E-state index contributed by atoms with van der Waals surface area (Å²) in [5.41, 5.74) is 3.67. The van der Waals surface area contributed by atoms with Crippen molar-refractivity contribution in [2.24, 2.45) is 15.9 Å². The molecular formula is C26H21F4N3. The predicted molar refractivity (Wildman–Crippen MR) is 120 cm³/mol. The highest BCUT2D eigenvalue weighted by atomic mass is 19.4. The molecule has 1 aliphatic heterocycles. The van der Waals surface area contributed by atoms with Gasteiger partial charge in [-0.05, 0) is 41.3 Å². The zero-order valence-corrected chi connectivity index (χ0v) is 17.6. The first-order valence-corrected chi connectivity index (χ1v) is 10.8. The van der Waals surface area contributed by atoms with E-state index in [1.54, 1.807) is 6.07 Å². The number of fused-ring (bicyclic) bond motifs is 3. The van der Waals surface area contributed by atoms with Crippen LogP contribution in [0.3, 0.4) is 0 Å². The lowest BCUT2D eigenvalue weighted by Gasteiger charge is -2.34. The summed E-state index contributed by atoms with van der Waals surface area (Å²) in [6, 6.07) is 19.8. The highest BCUT2D eigenvalue weighted by Gasteiger charge is 2.35. The van der Waals surface area contributed by atoms with Crippen molar-refractivity contribution in [2.75, 3.05) is 6.54 Å². The van der Waals surface area contributed by atoms with Crippen molar-refractivity contribution < 1.29 is 17.6 Å². The Morgan fingerprint density at radius 3 is 2.30 bits per heavy atom. The molecule has 2 atom stereocenters. The number of nitrogens with zero attached hydrogens (tertiary/aromatic N) is 2. The van der Waals surface area contributed by atoms with Gasteiger partial charge in [0.25, 0.3) is 0 Å². The Morgan fingerprint density at radius 2 is 1.58 bits per heavy atom. The Balaban J connectivity index is 1.37. The van der Waals surface area contributed by atoms with Crippen LogP contribution in [0.5, 0.6) is 0 Å². The summed E-state index contributed by atoms with van der Waals surface area (Å²) in [5.74, 6) is 0.250. The fourth-order valence-corrected chi connectivity index (χ4v) is 4.58. The van der Waals surface area contributed by atoms with Crippen molar-refractivity contribution in [1.29, 1.82) is 0 Å². The van der Waals surface area contributed by atoms with Gasteiger partial charge >= 0.3 is 6.18 Å². The van der Waals surface area contributed by atoms with Crippen LogP contribution in [-0.4, -0.2) is 18.2 Å². The number of hydrogen-bond acceptors (Lipinski definition) is 3. The summed E-state index contributed by atoms with van der Waals surface area (Å²) < 4.78 is 52.9. The molecule has 0 aromatic heterocycles. The summed E-state index contributed by atoms with van der Waals surface area (Å²) in [4.78, 5) is 9.30. The first kappa shape index (κ1) is 21.4. The molecule has 0 radical (unpaired) electrons. The Bertz CT molecular complexity index is 1230. The number of aliphatic imine (C=N–C) groups is 2. The van der Waals surface area contributed by atoms with E-state index in [9.17, 15) is 17.6 Å². The summed E-state index contributed by atoms with van der Waals surface area (Å²) in [6.45, 7) is 0.839. The van der Waals surface area contributed by atoms with Gasteiger partial charge in [-0.15, -0.1) is 0 Å². The van der Waals surface area contributed by atoms with Crippen LogP contribution in [0.25, 0.3) is 0 Å². The lowest BCUT2D eigenvalue weighted by molar-refractivity contribution is -0.137. The zero-order chi connectivity index (χ0) is 23.0. The van der Waals surface area contributed by atoms with Crippen LogP contribution < -0.4 is 5.32 Å². The van der Waals surface area contributed by atoms with Crippen molar-refractivity contribution in [3.05, 3.63) is 106 Å². The Kier molecular flexibility index (Phi) is 5.48. The van der Waals surface area contributed by atoms with Gasteiger partial charge in [0, 0.05) is 23.9 Å². The maximum absolute atomic E-state index is 14.6. The maximum atomic E-state index is 14.6. The van der Waals surface area contributed by atoms with Gasteiger partial charge in [-0.3, -0.25) is 4.99 Å². The normalized spacial score (nSPS) is 19.8. The Labute approximate surface area is 188 Å². The highest BCUT2D eigenvalue weighted by Crippen LogP contribution is 2.41. The highest BCUT2D eigenvalue weighted by molar-refractivity contribution is 6.11. The van der Waals surface area contributed by atoms with Crippen molar-refractivity contribution in [3.63, 3.8) is 0 Å². The minimum atomic E-state index is -4.35. The van der Waals surface area contributed by atoms with Crippen molar-refractivity contribution in [3.8, 4) is 0 Å². The Morgan fingerprint density at radius 1 is 0.879 bits per heavy atom. The van der Waals surface area contributed by atoms with E-state index in [1.165, 1.54) is 18.2 Å². The lowest BCUT2D eigenvalue weighted by Crippen LogP contribution is -2.35. The summed E-state index contributed by atoms with van der Waals surface area (Å²) in [5, 5.41) is 3.13. The average molecular weight is 451 g/mol. The molecule has 1 heterocycles. The van der Waals surface area contributed by atoms with Gasteiger partial charge < -0.3 is 5.32 Å². The van der Waals surface area contributed by atoms with E-state index in [2.05, 4.69) is 10.3 Å². The second-order valence-corrected chi connectivity index (χ2v) is 8.30. The number of hydrogen-bond donors (Lipinski definition) is 1.